The van der Waals surface area contributed by atoms with Crippen LogP contribution in [0.2, 0.25) is 0 Å². The summed E-state index contributed by atoms with van der Waals surface area (Å²) >= 11 is 0. The number of hydrogen-bond acceptors (Lipinski definition) is 2. The van der Waals surface area contributed by atoms with E-state index >= 15 is 0 Å². The highest BCUT2D eigenvalue weighted by atomic mass is 15.1. The third-order valence-corrected chi connectivity index (χ3v) is 3.44. The Morgan fingerprint density at radius 2 is 1.94 bits per heavy atom. The van der Waals surface area contributed by atoms with Gasteiger partial charge in [-0.3, -0.25) is 4.90 Å². The molecule has 0 bridgehead atoms. The van der Waals surface area contributed by atoms with Crippen LogP contribution in [0.5, 0.6) is 0 Å². The number of nitrogen functional groups attached to an aromatic ring is 1. The molecule has 0 aromatic heterocycles. The summed E-state index contributed by atoms with van der Waals surface area (Å²) in [6.45, 7) is 8.93. The van der Waals surface area contributed by atoms with Crippen LogP contribution in [0.25, 0.3) is 0 Å². The number of para-hydroxylation sites is 1. The van der Waals surface area contributed by atoms with Gasteiger partial charge >= 0.3 is 0 Å². The first-order chi connectivity index (χ1) is 8.19. The van der Waals surface area contributed by atoms with Crippen LogP contribution < -0.4 is 5.73 Å². The van der Waals surface area contributed by atoms with E-state index < -0.39 is 0 Å². The second kappa shape index (κ2) is 7.33. The van der Waals surface area contributed by atoms with Gasteiger partial charge in [0.1, 0.15) is 0 Å². The Kier molecular flexibility index (Phi) is 6.06. The largest absolute Gasteiger partial charge is 0.398 e. The SMILES string of the molecule is CCCCN(Cc1ccccc1N)C(C)CC. The summed E-state index contributed by atoms with van der Waals surface area (Å²) in [5, 5.41) is 0. The lowest BCUT2D eigenvalue weighted by Gasteiger charge is -2.28. The molecule has 1 atom stereocenters. The zero-order valence-corrected chi connectivity index (χ0v) is 11.4. The summed E-state index contributed by atoms with van der Waals surface area (Å²) in [7, 11) is 0. The number of benzene rings is 1. The Labute approximate surface area is 106 Å². The quantitative estimate of drug-likeness (QED) is 0.729. The van der Waals surface area contributed by atoms with Gasteiger partial charge in [-0.1, -0.05) is 38.5 Å². The lowest BCUT2D eigenvalue weighted by molar-refractivity contribution is 0.192. The Morgan fingerprint density at radius 1 is 1.24 bits per heavy atom. The number of rotatable bonds is 7. The molecule has 1 aromatic rings. The summed E-state index contributed by atoms with van der Waals surface area (Å²) in [5.74, 6) is 0. The number of nitrogens with zero attached hydrogens (tertiary/aromatic N) is 1. The molecule has 0 aliphatic rings. The van der Waals surface area contributed by atoms with Crippen LogP contribution in [-0.4, -0.2) is 17.5 Å². The van der Waals surface area contributed by atoms with Gasteiger partial charge in [-0.2, -0.15) is 0 Å². The van der Waals surface area contributed by atoms with E-state index in [0.717, 1.165) is 12.2 Å². The van der Waals surface area contributed by atoms with Gasteiger partial charge in [0.15, 0.2) is 0 Å². The lowest BCUT2D eigenvalue weighted by Crippen LogP contribution is -2.33. The number of unbranched alkanes of at least 4 members (excludes halogenated alkanes) is 1. The Hall–Kier alpha value is -1.02. The minimum atomic E-state index is 0.626. The molecule has 0 spiro atoms. The minimum Gasteiger partial charge on any atom is -0.398 e. The van der Waals surface area contributed by atoms with Gasteiger partial charge < -0.3 is 5.73 Å². The summed E-state index contributed by atoms with van der Waals surface area (Å²) < 4.78 is 0. The third kappa shape index (κ3) is 4.39. The van der Waals surface area contributed by atoms with Crippen molar-refractivity contribution in [2.45, 2.75) is 52.6 Å². The summed E-state index contributed by atoms with van der Waals surface area (Å²) in [6.07, 6.45) is 3.70. The second-order valence-corrected chi connectivity index (χ2v) is 4.78. The van der Waals surface area contributed by atoms with E-state index in [2.05, 4.69) is 37.8 Å². The standard InChI is InChI=1S/C15H26N2/c1-4-6-11-17(13(3)5-2)12-14-9-7-8-10-15(14)16/h7-10,13H,4-6,11-12,16H2,1-3H3. The number of nitrogens with two attached hydrogens (primary N) is 1. The Bertz CT molecular complexity index is 322. The van der Waals surface area contributed by atoms with Gasteiger partial charge in [0.05, 0.1) is 0 Å². The van der Waals surface area contributed by atoms with Gasteiger partial charge in [0.2, 0.25) is 0 Å². The topological polar surface area (TPSA) is 29.3 Å². The predicted octanol–water partition coefficient (Wildman–Crippen LogP) is 3.67. The van der Waals surface area contributed by atoms with Crippen molar-refractivity contribution < 1.29 is 0 Å². The van der Waals surface area contributed by atoms with E-state index in [0.29, 0.717) is 6.04 Å². The summed E-state index contributed by atoms with van der Waals surface area (Å²) in [6, 6.07) is 8.82. The zero-order chi connectivity index (χ0) is 12.7. The smallest absolute Gasteiger partial charge is 0.0359 e. The molecule has 96 valence electrons. The first-order valence-corrected chi connectivity index (χ1v) is 6.76. The molecule has 17 heavy (non-hydrogen) atoms. The van der Waals surface area contributed by atoms with E-state index in [1.807, 2.05) is 12.1 Å². The van der Waals surface area contributed by atoms with Crippen LogP contribution in [-0.2, 0) is 6.54 Å². The molecule has 0 heterocycles. The minimum absolute atomic E-state index is 0.626. The summed E-state index contributed by atoms with van der Waals surface area (Å²) in [5.41, 5.74) is 8.18. The van der Waals surface area contributed by atoms with Gasteiger partial charge in [-0.25, -0.2) is 0 Å². The second-order valence-electron chi connectivity index (χ2n) is 4.78. The molecule has 0 saturated carbocycles. The van der Waals surface area contributed by atoms with Crippen LogP contribution in [0, 0.1) is 0 Å². The Morgan fingerprint density at radius 3 is 2.53 bits per heavy atom. The Balaban J connectivity index is 2.68. The monoisotopic (exact) mass is 234 g/mol. The van der Waals surface area contributed by atoms with Gasteiger partial charge in [0, 0.05) is 18.3 Å². The number of anilines is 1. The molecule has 2 heteroatoms. The fourth-order valence-electron chi connectivity index (χ4n) is 1.97. The fourth-order valence-corrected chi connectivity index (χ4v) is 1.97. The molecule has 2 N–H and O–H groups in total. The van der Waals surface area contributed by atoms with Crippen LogP contribution in [0.1, 0.15) is 45.6 Å². The van der Waals surface area contributed by atoms with Crippen molar-refractivity contribution in [1.82, 2.24) is 4.90 Å². The van der Waals surface area contributed by atoms with Crippen molar-refractivity contribution in [3.8, 4) is 0 Å². The maximum absolute atomic E-state index is 6.01. The average molecular weight is 234 g/mol. The van der Waals surface area contributed by atoms with Crippen molar-refractivity contribution in [3.05, 3.63) is 29.8 Å². The normalized spacial score (nSPS) is 12.9. The summed E-state index contributed by atoms with van der Waals surface area (Å²) in [4.78, 5) is 2.54. The van der Waals surface area contributed by atoms with Crippen molar-refractivity contribution in [1.29, 1.82) is 0 Å². The van der Waals surface area contributed by atoms with E-state index in [9.17, 15) is 0 Å². The molecular weight excluding hydrogens is 208 g/mol. The van der Waals surface area contributed by atoms with E-state index in [4.69, 9.17) is 5.73 Å². The molecule has 0 aliphatic carbocycles. The van der Waals surface area contributed by atoms with E-state index in [1.54, 1.807) is 0 Å². The average Bonchev–Trinajstić information content (AvgIpc) is 2.35. The van der Waals surface area contributed by atoms with Gasteiger partial charge in [-0.05, 0) is 37.9 Å². The van der Waals surface area contributed by atoms with Crippen molar-refractivity contribution >= 4 is 5.69 Å². The molecule has 1 unspecified atom stereocenters. The molecular formula is C15H26N2. The van der Waals surface area contributed by atoms with E-state index in [-0.39, 0.29) is 0 Å². The zero-order valence-electron chi connectivity index (χ0n) is 11.4. The predicted molar refractivity (Wildman–Crippen MR) is 75.9 cm³/mol. The molecule has 0 aliphatic heterocycles. The van der Waals surface area contributed by atoms with Crippen molar-refractivity contribution in [3.63, 3.8) is 0 Å². The van der Waals surface area contributed by atoms with Crippen LogP contribution in [0.4, 0.5) is 5.69 Å². The molecule has 0 saturated heterocycles. The third-order valence-electron chi connectivity index (χ3n) is 3.44. The molecule has 1 aromatic carbocycles. The van der Waals surface area contributed by atoms with Crippen molar-refractivity contribution in [2.24, 2.45) is 0 Å². The molecule has 0 radical (unpaired) electrons. The number of hydrogen-bond donors (Lipinski definition) is 1. The van der Waals surface area contributed by atoms with Gasteiger partial charge in [0.25, 0.3) is 0 Å². The molecule has 2 nitrogen and oxygen atoms in total. The molecule has 0 amide bonds. The van der Waals surface area contributed by atoms with Crippen LogP contribution >= 0.6 is 0 Å². The van der Waals surface area contributed by atoms with Crippen molar-refractivity contribution in [2.75, 3.05) is 12.3 Å². The maximum Gasteiger partial charge on any atom is 0.0359 e. The highest BCUT2D eigenvalue weighted by Crippen LogP contribution is 2.16. The molecule has 1 rings (SSSR count). The first kappa shape index (κ1) is 14.0. The fraction of sp³-hybridized carbons (Fsp3) is 0.600. The van der Waals surface area contributed by atoms with Crippen LogP contribution in [0.15, 0.2) is 24.3 Å². The highest BCUT2D eigenvalue weighted by Gasteiger charge is 2.12. The van der Waals surface area contributed by atoms with Gasteiger partial charge in [-0.15, -0.1) is 0 Å². The lowest BCUT2D eigenvalue weighted by atomic mass is 10.1. The highest BCUT2D eigenvalue weighted by molar-refractivity contribution is 5.46. The van der Waals surface area contributed by atoms with Crippen LogP contribution in [0.3, 0.4) is 0 Å². The first-order valence-electron chi connectivity index (χ1n) is 6.76. The van der Waals surface area contributed by atoms with E-state index in [1.165, 1.54) is 31.4 Å². The maximum atomic E-state index is 6.01. The molecule has 0 fully saturated rings.